The number of hydrogen-bond donors (Lipinski definition) is 3. The summed E-state index contributed by atoms with van der Waals surface area (Å²) in [5.74, 6) is 0.518. The highest BCUT2D eigenvalue weighted by atomic mass is 32.2. The minimum Gasteiger partial charge on any atom is -0.389 e. The van der Waals surface area contributed by atoms with E-state index in [1.54, 1.807) is 18.3 Å². The zero-order valence-corrected chi connectivity index (χ0v) is 10.9. The maximum absolute atomic E-state index is 11.2. The van der Waals surface area contributed by atoms with Gasteiger partial charge >= 0.3 is 0 Å². The molecule has 0 radical (unpaired) electrons. The van der Waals surface area contributed by atoms with Crippen LogP contribution >= 0.6 is 12.2 Å². The monoisotopic (exact) mass is 274 g/mol. The lowest BCUT2D eigenvalue weighted by Gasteiger charge is -2.07. The molecule has 0 aliphatic carbocycles. The molecule has 0 fully saturated rings. The van der Waals surface area contributed by atoms with Crippen molar-refractivity contribution in [1.82, 2.24) is 9.71 Å². The Bertz CT molecular complexity index is 501. The predicted molar refractivity (Wildman–Crippen MR) is 71.5 cm³/mol. The number of hydrogen-bond acceptors (Lipinski definition) is 5. The predicted octanol–water partition coefficient (Wildman–Crippen LogP) is -0.323. The van der Waals surface area contributed by atoms with Crippen LogP contribution in [0.3, 0.4) is 0 Å². The topological polar surface area (TPSA) is 97.1 Å². The summed E-state index contributed by atoms with van der Waals surface area (Å²) < 4.78 is 24.5. The molecule has 6 nitrogen and oxygen atoms in total. The van der Waals surface area contributed by atoms with E-state index in [9.17, 15) is 8.42 Å². The summed E-state index contributed by atoms with van der Waals surface area (Å²) >= 11 is 4.83. The smallest absolute Gasteiger partial charge is 0.213 e. The highest BCUT2D eigenvalue weighted by Crippen LogP contribution is 2.06. The molecule has 1 rings (SSSR count). The number of rotatable bonds is 6. The quantitative estimate of drug-likeness (QED) is 0.615. The Morgan fingerprint density at radius 1 is 1.59 bits per heavy atom. The molecule has 1 aromatic rings. The van der Waals surface area contributed by atoms with Crippen LogP contribution in [0.15, 0.2) is 18.3 Å². The number of pyridine rings is 1. The number of sulfonamides is 1. The minimum atomic E-state index is -3.21. The largest absolute Gasteiger partial charge is 0.389 e. The van der Waals surface area contributed by atoms with Gasteiger partial charge in [-0.2, -0.15) is 0 Å². The van der Waals surface area contributed by atoms with Gasteiger partial charge in [-0.1, -0.05) is 12.2 Å². The van der Waals surface area contributed by atoms with Gasteiger partial charge in [0, 0.05) is 18.3 Å². The van der Waals surface area contributed by atoms with E-state index in [0.29, 0.717) is 11.4 Å². The van der Waals surface area contributed by atoms with E-state index in [4.69, 9.17) is 18.0 Å². The van der Waals surface area contributed by atoms with Gasteiger partial charge in [-0.05, 0) is 19.2 Å². The lowest BCUT2D eigenvalue weighted by Crippen LogP contribution is -2.26. The van der Waals surface area contributed by atoms with Crippen molar-refractivity contribution in [3.63, 3.8) is 0 Å². The Kier molecular flexibility index (Phi) is 4.79. The molecule has 0 saturated heterocycles. The van der Waals surface area contributed by atoms with Crippen molar-refractivity contribution in [2.45, 2.75) is 0 Å². The Hall–Kier alpha value is -1.25. The maximum Gasteiger partial charge on any atom is 0.213 e. The lowest BCUT2D eigenvalue weighted by atomic mass is 10.2. The summed E-state index contributed by atoms with van der Waals surface area (Å²) in [5.41, 5.74) is 6.16. The fourth-order valence-corrected chi connectivity index (χ4v) is 1.80. The number of nitrogens with zero attached hydrogens (tertiary/aromatic N) is 1. The second-order valence-electron chi connectivity index (χ2n) is 3.24. The molecule has 1 heterocycles. The first-order chi connectivity index (χ1) is 7.94. The maximum atomic E-state index is 11.2. The first-order valence-electron chi connectivity index (χ1n) is 4.85. The molecule has 4 N–H and O–H groups in total. The van der Waals surface area contributed by atoms with Crippen molar-refractivity contribution >= 4 is 33.0 Å². The van der Waals surface area contributed by atoms with E-state index >= 15 is 0 Å². The van der Waals surface area contributed by atoms with Crippen LogP contribution in [0.1, 0.15) is 5.56 Å². The van der Waals surface area contributed by atoms with Crippen LogP contribution in [-0.2, 0) is 10.0 Å². The van der Waals surface area contributed by atoms with Crippen LogP contribution < -0.4 is 15.8 Å². The van der Waals surface area contributed by atoms with Gasteiger partial charge in [0.15, 0.2) is 0 Å². The highest BCUT2D eigenvalue weighted by molar-refractivity contribution is 7.89. The van der Waals surface area contributed by atoms with Crippen LogP contribution in [0.2, 0.25) is 0 Å². The molecule has 0 aliphatic rings. The molecule has 1 aromatic heterocycles. The molecular formula is C9H14N4O2S2. The Morgan fingerprint density at radius 3 is 2.88 bits per heavy atom. The standard InChI is InChI=1S/C9H14N4O2S2/c1-11-17(14,15)5-4-13-8-6-7(9(10)16)2-3-12-8/h2-3,6,11H,4-5H2,1H3,(H2,10,16)(H,12,13). The van der Waals surface area contributed by atoms with Crippen molar-refractivity contribution < 1.29 is 8.42 Å². The van der Waals surface area contributed by atoms with Crippen LogP contribution in [0.5, 0.6) is 0 Å². The Labute approximate surface area is 106 Å². The molecule has 8 heteroatoms. The fraction of sp³-hybridized carbons (Fsp3) is 0.333. The van der Waals surface area contributed by atoms with E-state index < -0.39 is 10.0 Å². The Morgan fingerprint density at radius 2 is 2.29 bits per heavy atom. The molecule has 0 spiro atoms. The van der Waals surface area contributed by atoms with Gasteiger partial charge in [-0.3, -0.25) is 0 Å². The Balaban J connectivity index is 2.58. The van der Waals surface area contributed by atoms with Gasteiger partial charge in [-0.15, -0.1) is 0 Å². The summed E-state index contributed by atoms with van der Waals surface area (Å²) in [6, 6.07) is 3.37. The van der Waals surface area contributed by atoms with E-state index in [-0.39, 0.29) is 17.3 Å². The normalized spacial score (nSPS) is 11.1. The van der Waals surface area contributed by atoms with Crippen molar-refractivity contribution in [2.75, 3.05) is 24.7 Å². The van der Waals surface area contributed by atoms with Crippen molar-refractivity contribution in [3.05, 3.63) is 23.9 Å². The zero-order valence-electron chi connectivity index (χ0n) is 9.30. The van der Waals surface area contributed by atoms with Crippen molar-refractivity contribution in [1.29, 1.82) is 0 Å². The van der Waals surface area contributed by atoms with Crippen LogP contribution in [0, 0.1) is 0 Å². The molecule has 0 aliphatic heterocycles. The molecular weight excluding hydrogens is 260 g/mol. The van der Waals surface area contributed by atoms with Crippen LogP contribution in [0.25, 0.3) is 0 Å². The van der Waals surface area contributed by atoms with E-state index in [2.05, 4.69) is 15.0 Å². The number of aromatic nitrogens is 1. The van der Waals surface area contributed by atoms with Gasteiger partial charge < -0.3 is 11.1 Å². The van der Waals surface area contributed by atoms with Gasteiger partial charge in [-0.25, -0.2) is 18.1 Å². The summed E-state index contributed by atoms with van der Waals surface area (Å²) in [6.45, 7) is 0.261. The average Bonchev–Trinajstić information content (AvgIpc) is 2.29. The summed E-state index contributed by atoms with van der Waals surface area (Å²) in [6.07, 6.45) is 1.56. The van der Waals surface area contributed by atoms with Gasteiger partial charge in [0.25, 0.3) is 0 Å². The molecule has 0 unspecified atom stereocenters. The second kappa shape index (κ2) is 5.89. The van der Waals surface area contributed by atoms with Crippen molar-refractivity contribution in [2.24, 2.45) is 5.73 Å². The number of anilines is 1. The van der Waals surface area contributed by atoms with E-state index in [1.165, 1.54) is 7.05 Å². The van der Waals surface area contributed by atoms with Crippen molar-refractivity contribution in [3.8, 4) is 0 Å². The first-order valence-corrected chi connectivity index (χ1v) is 6.91. The van der Waals surface area contributed by atoms with Gasteiger partial charge in [0.2, 0.25) is 10.0 Å². The highest BCUT2D eigenvalue weighted by Gasteiger charge is 2.06. The third-order valence-electron chi connectivity index (χ3n) is 2.03. The van der Waals surface area contributed by atoms with Gasteiger partial charge in [0.05, 0.1) is 5.75 Å². The second-order valence-corrected chi connectivity index (χ2v) is 5.73. The number of thiocarbonyl (C=S) groups is 1. The molecule has 94 valence electrons. The van der Waals surface area contributed by atoms with Gasteiger partial charge in [0.1, 0.15) is 10.8 Å². The van der Waals surface area contributed by atoms with E-state index in [1.807, 2.05) is 0 Å². The van der Waals surface area contributed by atoms with Crippen LogP contribution in [-0.4, -0.2) is 37.7 Å². The summed E-state index contributed by atoms with van der Waals surface area (Å²) in [4.78, 5) is 4.30. The molecule has 0 aromatic carbocycles. The lowest BCUT2D eigenvalue weighted by molar-refractivity contribution is 0.588. The first kappa shape index (κ1) is 13.8. The zero-order chi connectivity index (χ0) is 12.9. The molecule has 0 saturated carbocycles. The fourth-order valence-electron chi connectivity index (χ4n) is 1.10. The third kappa shape index (κ3) is 4.63. The van der Waals surface area contributed by atoms with Crippen LogP contribution in [0.4, 0.5) is 5.82 Å². The average molecular weight is 274 g/mol. The summed E-state index contributed by atoms with van der Waals surface area (Å²) in [5, 5.41) is 2.88. The molecule has 0 amide bonds. The molecule has 17 heavy (non-hydrogen) atoms. The summed E-state index contributed by atoms with van der Waals surface area (Å²) in [7, 11) is -1.83. The molecule has 0 bridgehead atoms. The number of nitrogens with two attached hydrogens (primary N) is 1. The third-order valence-corrected chi connectivity index (χ3v) is 3.63. The van der Waals surface area contributed by atoms with E-state index in [0.717, 1.165) is 0 Å². The SMILES string of the molecule is CNS(=O)(=O)CCNc1cc(C(N)=S)ccn1. The molecule has 0 atom stereocenters. The number of nitrogens with one attached hydrogen (secondary N) is 2. The minimum absolute atomic E-state index is 0.0253.